The lowest BCUT2D eigenvalue weighted by atomic mass is 9.98. The summed E-state index contributed by atoms with van der Waals surface area (Å²) in [4.78, 5) is 4.95. The fourth-order valence-electron chi connectivity index (χ4n) is 4.32. The van der Waals surface area contributed by atoms with Crippen molar-refractivity contribution in [3.63, 3.8) is 0 Å². The van der Waals surface area contributed by atoms with Crippen molar-refractivity contribution in [2.75, 3.05) is 25.0 Å². The molecule has 3 heterocycles. The van der Waals surface area contributed by atoms with Crippen LogP contribution in [0, 0.1) is 17.2 Å². The van der Waals surface area contributed by atoms with E-state index in [1.54, 1.807) is 10.7 Å². The SMILES string of the molecule is N#Cc1ccc(S(=O)(=O)N2CCC(CNc3cc(-c4ccccc4Cl)nc4c(Br)cnn34)CC2)cc1. The van der Waals surface area contributed by atoms with Crippen molar-refractivity contribution in [3.05, 3.63) is 75.9 Å². The molecule has 1 aliphatic rings. The minimum absolute atomic E-state index is 0.216. The Morgan fingerprint density at radius 3 is 2.56 bits per heavy atom. The number of hydrogen-bond acceptors (Lipinski definition) is 6. The van der Waals surface area contributed by atoms with Gasteiger partial charge in [-0.05, 0) is 65.0 Å². The van der Waals surface area contributed by atoms with Gasteiger partial charge in [-0.2, -0.15) is 19.2 Å². The van der Waals surface area contributed by atoms with Crippen LogP contribution in [0.3, 0.4) is 0 Å². The van der Waals surface area contributed by atoms with E-state index in [1.165, 1.54) is 28.6 Å². The van der Waals surface area contributed by atoms with Crippen molar-refractivity contribution >= 4 is 49.0 Å². The molecule has 36 heavy (non-hydrogen) atoms. The van der Waals surface area contributed by atoms with E-state index in [9.17, 15) is 8.42 Å². The van der Waals surface area contributed by atoms with E-state index in [-0.39, 0.29) is 4.90 Å². The van der Waals surface area contributed by atoms with Crippen LogP contribution in [-0.2, 0) is 10.0 Å². The number of sulfonamides is 1. The van der Waals surface area contributed by atoms with Crippen LogP contribution in [-0.4, -0.2) is 47.0 Å². The average Bonchev–Trinajstić information content (AvgIpc) is 3.28. The molecule has 2 aromatic carbocycles. The van der Waals surface area contributed by atoms with Gasteiger partial charge >= 0.3 is 0 Å². The van der Waals surface area contributed by atoms with E-state index < -0.39 is 10.0 Å². The molecule has 0 bridgehead atoms. The van der Waals surface area contributed by atoms with E-state index in [0.717, 1.165) is 34.4 Å². The molecule has 0 atom stereocenters. The third-order valence-corrected chi connectivity index (χ3v) is 9.15. The lowest BCUT2D eigenvalue weighted by Crippen LogP contribution is -2.39. The van der Waals surface area contributed by atoms with Gasteiger partial charge in [0.05, 0.1) is 32.9 Å². The molecule has 1 fully saturated rings. The largest absolute Gasteiger partial charge is 0.370 e. The molecule has 2 aromatic heterocycles. The predicted octanol–water partition coefficient (Wildman–Crippen LogP) is 5.20. The lowest BCUT2D eigenvalue weighted by Gasteiger charge is -2.31. The van der Waals surface area contributed by atoms with Crippen LogP contribution in [0.1, 0.15) is 18.4 Å². The predicted molar refractivity (Wildman–Crippen MR) is 142 cm³/mol. The highest BCUT2D eigenvalue weighted by atomic mass is 79.9. The standard InChI is InChI=1S/C25H22BrClN6O2S/c26-21-16-30-33-24(13-23(31-25(21)33)20-3-1-2-4-22(20)27)29-15-18-9-11-32(12-10-18)36(34,35)19-7-5-17(14-28)6-8-19/h1-8,13,16,18,29H,9-12,15H2. The van der Waals surface area contributed by atoms with Gasteiger partial charge in [0.1, 0.15) is 5.82 Å². The Labute approximate surface area is 222 Å². The van der Waals surface area contributed by atoms with Crippen LogP contribution in [0.15, 0.2) is 70.2 Å². The molecule has 184 valence electrons. The topological polar surface area (TPSA) is 103 Å². The summed E-state index contributed by atoms with van der Waals surface area (Å²) in [5.74, 6) is 1.08. The molecule has 0 radical (unpaired) electrons. The molecule has 0 aliphatic carbocycles. The van der Waals surface area contributed by atoms with Crippen LogP contribution in [0.25, 0.3) is 16.9 Å². The number of nitrogens with zero attached hydrogens (tertiary/aromatic N) is 5. The van der Waals surface area contributed by atoms with Gasteiger partial charge in [0.15, 0.2) is 5.65 Å². The molecule has 0 unspecified atom stereocenters. The van der Waals surface area contributed by atoms with Crippen molar-refractivity contribution < 1.29 is 8.42 Å². The van der Waals surface area contributed by atoms with Crippen LogP contribution in [0.2, 0.25) is 5.02 Å². The molecule has 11 heteroatoms. The van der Waals surface area contributed by atoms with Gasteiger partial charge < -0.3 is 5.32 Å². The zero-order valence-corrected chi connectivity index (χ0v) is 22.3. The monoisotopic (exact) mass is 584 g/mol. The number of nitrogens with one attached hydrogen (secondary N) is 1. The molecule has 0 saturated carbocycles. The molecule has 4 aromatic rings. The molecule has 0 amide bonds. The summed E-state index contributed by atoms with van der Waals surface area (Å²) < 4.78 is 30.1. The first-order valence-electron chi connectivity index (χ1n) is 11.4. The quantitative estimate of drug-likeness (QED) is 0.334. The Bertz CT molecular complexity index is 1560. The summed E-state index contributed by atoms with van der Waals surface area (Å²) in [6.07, 6.45) is 3.17. The average molecular weight is 586 g/mol. The van der Waals surface area contributed by atoms with Crippen molar-refractivity contribution in [2.24, 2.45) is 5.92 Å². The minimum Gasteiger partial charge on any atom is -0.370 e. The molecule has 8 nitrogen and oxygen atoms in total. The number of rotatable bonds is 6. The van der Waals surface area contributed by atoms with Crippen LogP contribution < -0.4 is 5.32 Å². The van der Waals surface area contributed by atoms with Crippen molar-refractivity contribution in [1.82, 2.24) is 18.9 Å². The number of benzene rings is 2. The Morgan fingerprint density at radius 2 is 1.86 bits per heavy atom. The number of anilines is 1. The first-order valence-corrected chi connectivity index (χ1v) is 14.0. The Hall–Kier alpha value is -2.97. The lowest BCUT2D eigenvalue weighted by molar-refractivity contribution is 0.282. The van der Waals surface area contributed by atoms with Crippen LogP contribution >= 0.6 is 27.5 Å². The van der Waals surface area contributed by atoms with Gasteiger partial charge in [0, 0.05) is 36.3 Å². The highest BCUT2D eigenvalue weighted by Crippen LogP contribution is 2.31. The first kappa shape index (κ1) is 24.7. The number of piperidine rings is 1. The van der Waals surface area contributed by atoms with Gasteiger partial charge in [-0.15, -0.1) is 0 Å². The maximum absolute atomic E-state index is 13.0. The van der Waals surface area contributed by atoms with E-state index >= 15 is 0 Å². The number of hydrogen-bond donors (Lipinski definition) is 1. The number of fused-ring (bicyclic) bond motifs is 1. The fraction of sp³-hybridized carbons (Fsp3) is 0.240. The summed E-state index contributed by atoms with van der Waals surface area (Å²) in [5, 5.41) is 17.5. The van der Waals surface area contributed by atoms with Gasteiger partial charge in [0.25, 0.3) is 0 Å². The number of nitriles is 1. The summed E-state index contributed by atoms with van der Waals surface area (Å²) in [6.45, 7) is 1.56. The van der Waals surface area contributed by atoms with E-state index in [0.29, 0.717) is 41.8 Å². The number of aromatic nitrogens is 3. The molecule has 5 rings (SSSR count). The summed E-state index contributed by atoms with van der Waals surface area (Å²) in [5.41, 5.74) is 2.68. The second-order valence-electron chi connectivity index (χ2n) is 8.60. The second kappa shape index (κ2) is 10.2. The summed E-state index contributed by atoms with van der Waals surface area (Å²) in [6, 6.07) is 17.6. The minimum atomic E-state index is -3.58. The van der Waals surface area contributed by atoms with Crippen LogP contribution in [0.5, 0.6) is 0 Å². The van der Waals surface area contributed by atoms with Gasteiger partial charge in [-0.3, -0.25) is 0 Å². The molecular weight excluding hydrogens is 564 g/mol. The third-order valence-electron chi connectivity index (χ3n) is 6.35. The van der Waals surface area contributed by atoms with E-state index in [4.69, 9.17) is 21.8 Å². The zero-order chi connectivity index (χ0) is 25.3. The number of halogens is 2. The highest BCUT2D eigenvalue weighted by molar-refractivity contribution is 9.10. The van der Waals surface area contributed by atoms with E-state index in [2.05, 4.69) is 26.3 Å². The van der Waals surface area contributed by atoms with E-state index in [1.807, 2.05) is 36.4 Å². The summed E-state index contributed by atoms with van der Waals surface area (Å²) >= 11 is 9.94. The Morgan fingerprint density at radius 1 is 1.14 bits per heavy atom. The zero-order valence-electron chi connectivity index (χ0n) is 19.1. The van der Waals surface area contributed by atoms with Crippen molar-refractivity contribution in [1.29, 1.82) is 5.26 Å². The van der Waals surface area contributed by atoms with Crippen molar-refractivity contribution in [2.45, 2.75) is 17.7 Å². The summed E-state index contributed by atoms with van der Waals surface area (Å²) in [7, 11) is -3.58. The fourth-order valence-corrected chi connectivity index (χ4v) is 6.37. The van der Waals surface area contributed by atoms with Gasteiger partial charge in [-0.25, -0.2) is 13.4 Å². The highest BCUT2D eigenvalue weighted by Gasteiger charge is 2.29. The molecular formula is C25H22BrClN6O2S. The second-order valence-corrected chi connectivity index (χ2v) is 11.8. The molecule has 1 saturated heterocycles. The normalized spacial score (nSPS) is 15.1. The molecule has 1 N–H and O–H groups in total. The maximum atomic E-state index is 13.0. The molecule has 0 spiro atoms. The van der Waals surface area contributed by atoms with Crippen LogP contribution in [0.4, 0.5) is 5.82 Å². The smallest absolute Gasteiger partial charge is 0.243 e. The maximum Gasteiger partial charge on any atom is 0.243 e. The third kappa shape index (κ3) is 4.84. The first-order chi connectivity index (χ1) is 17.4. The Balaban J connectivity index is 1.29. The van der Waals surface area contributed by atoms with Gasteiger partial charge in [0.2, 0.25) is 10.0 Å². The molecule has 1 aliphatic heterocycles. The Kier molecular flexibility index (Phi) is 6.99. The van der Waals surface area contributed by atoms with Crippen molar-refractivity contribution in [3.8, 4) is 17.3 Å². The van der Waals surface area contributed by atoms with Gasteiger partial charge in [-0.1, -0.05) is 29.8 Å².